The van der Waals surface area contributed by atoms with Gasteiger partial charge >= 0.3 is 5.97 Å². The van der Waals surface area contributed by atoms with Crippen molar-refractivity contribution in [2.45, 2.75) is 71.8 Å². The van der Waals surface area contributed by atoms with Gasteiger partial charge in [0.1, 0.15) is 0 Å². The number of carbonyl (C=O) groups is 2. The van der Waals surface area contributed by atoms with Crippen LogP contribution in [0.15, 0.2) is 18.2 Å². The number of ether oxygens (including phenoxy) is 2. The summed E-state index contributed by atoms with van der Waals surface area (Å²) in [7, 11) is 0. The van der Waals surface area contributed by atoms with E-state index in [1.807, 2.05) is 23.1 Å². The summed E-state index contributed by atoms with van der Waals surface area (Å²) in [6.45, 7) is 11.2. The molecular weight excluding hydrogens is 446 g/mol. The number of carboxylic acids is 1. The number of fused-ring (bicyclic) bond motifs is 1. The normalized spacial score (nSPS) is 21.9. The van der Waals surface area contributed by atoms with Crippen LogP contribution in [0.4, 0.5) is 0 Å². The minimum absolute atomic E-state index is 0.0256. The van der Waals surface area contributed by atoms with Crippen molar-refractivity contribution in [3.63, 3.8) is 0 Å². The van der Waals surface area contributed by atoms with Crippen LogP contribution in [0.3, 0.4) is 0 Å². The van der Waals surface area contributed by atoms with Crippen LogP contribution in [0.5, 0.6) is 11.5 Å². The molecule has 1 amide bonds. The number of benzene rings is 1. The van der Waals surface area contributed by atoms with Gasteiger partial charge in [0.25, 0.3) is 0 Å². The minimum Gasteiger partial charge on any atom is -0.481 e. The first-order chi connectivity index (χ1) is 16.7. The SMILES string of the molecule is CCCCN(CCN)C(=O)CN1C[C@H](c2ccc3c(c2)OCO3)C(C(=O)O)[C@@H]1CC(C)(C)CCC. The third-order valence-corrected chi connectivity index (χ3v) is 7.42. The maximum absolute atomic E-state index is 13.3. The Kier molecular flexibility index (Phi) is 9.41. The van der Waals surface area contributed by atoms with Crippen LogP contribution in [0.25, 0.3) is 0 Å². The van der Waals surface area contributed by atoms with Gasteiger partial charge < -0.3 is 25.2 Å². The zero-order valence-corrected chi connectivity index (χ0v) is 21.8. The topological polar surface area (TPSA) is 105 Å². The van der Waals surface area contributed by atoms with Gasteiger partial charge in [-0.1, -0.05) is 46.6 Å². The Morgan fingerprint density at radius 1 is 1.17 bits per heavy atom. The summed E-state index contributed by atoms with van der Waals surface area (Å²) in [6, 6.07) is 5.47. The first-order valence-electron chi connectivity index (χ1n) is 13.0. The second-order valence-corrected chi connectivity index (χ2v) is 10.7. The lowest BCUT2D eigenvalue weighted by Gasteiger charge is -2.35. The number of hydrogen-bond acceptors (Lipinski definition) is 6. The van der Waals surface area contributed by atoms with Crippen LogP contribution in [0, 0.1) is 11.3 Å². The summed E-state index contributed by atoms with van der Waals surface area (Å²) in [5.41, 5.74) is 6.67. The van der Waals surface area contributed by atoms with Crippen molar-refractivity contribution >= 4 is 11.9 Å². The number of aliphatic carboxylic acids is 1. The molecule has 1 fully saturated rings. The smallest absolute Gasteiger partial charge is 0.308 e. The van der Waals surface area contributed by atoms with Crippen LogP contribution in [-0.2, 0) is 9.59 Å². The predicted molar refractivity (Wildman–Crippen MR) is 136 cm³/mol. The highest BCUT2D eigenvalue weighted by Crippen LogP contribution is 2.45. The number of nitrogens with two attached hydrogens (primary N) is 1. The van der Waals surface area contributed by atoms with E-state index >= 15 is 0 Å². The molecule has 3 atom stereocenters. The Morgan fingerprint density at radius 3 is 2.57 bits per heavy atom. The number of likely N-dealkylation sites (tertiary alicyclic amines) is 1. The van der Waals surface area contributed by atoms with Gasteiger partial charge in [-0.2, -0.15) is 0 Å². The average Bonchev–Trinajstić information content (AvgIpc) is 3.40. The number of amides is 1. The van der Waals surface area contributed by atoms with Gasteiger partial charge in [-0.25, -0.2) is 0 Å². The molecule has 1 aromatic carbocycles. The van der Waals surface area contributed by atoms with E-state index in [-0.39, 0.29) is 36.6 Å². The Hall–Kier alpha value is -2.32. The van der Waals surface area contributed by atoms with Crippen LogP contribution in [0.1, 0.15) is 71.3 Å². The van der Waals surface area contributed by atoms with E-state index in [1.54, 1.807) is 0 Å². The molecule has 2 aliphatic heterocycles. The fourth-order valence-corrected chi connectivity index (χ4v) is 5.71. The molecule has 0 spiro atoms. The zero-order chi connectivity index (χ0) is 25.6. The highest BCUT2D eigenvalue weighted by molar-refractivity contribution is 5.79. The molecule has 1 unspecified atom stereocenters. The molecule has 3 N–H and O–H groups in total. The van der Waals surface area contributed by atoms with Crippen LogP contribution >= 0.6 is 0 Å². The van der Waals surface area contributed by atoms with Crippen molar-refractivity contribution in [2.24, 2.45) is 17.1 Å². The van der Waals surface area contributed by atoms with Crippen molar-refractivity contribution in [2.75, 3.05) is 39.5 Å². The maximum atomic E-state index is 13.3. The molecule has 2 aliphatic rings. The lowest BCUT2D eigenvalue weighted by molar-refractivity contribution is -0.144. The summed E-state index contributed by atoms with van der Waals surface area (Å²) in [5, 5.41) is 10.4. The molecular formula is C27H43N3O5. The summed E-state index contributed by atoms with van der Waals surface area (Å²) in [5.74, 6) is -0.312. The Morgan fingerprint density at radius 2 is 1.91 bits per heavy atom. The Labute approximate surface area is 209 Å². The van der Waals surface area contributed by atoms with Gasteiger partial charge in [0, 0.05) is 38.1 Å². The fourth-order valence-electron chi connectivity index (χ4n) is 5.71. The molecule has 0 radical (unpaired) electrons. The molecule has 3 rings (SSSR count). The van der Waals surface area contributed by atoms with Crippen LogP contribution < -0.4 is 15.2 Å². The maximum Gasteiger partial charge on any atom is 0.308 e. The zero-order valence-electron chi connectivity index (χ0n) is 21.8. The lowest BCUT2D eigenvalue weighted by Crippen LogP contribution is -2.46. The van der Waals surface area contributed by atoms with E-state index in [1.165, 1.54) is 0 Å². The van der Waals surface area contributed by atoms with Crippen LogP contribution in [0.2, 0.25) is 0 Å². The third-order valence-electron chi connectivity index (χ3n) is 7.42. The second-order valence-electron chi connectivity index (χ2n) is 10.7. The van der Waals surface area contributed by atoms with Crippen molar-refractivity contribution in [1.82, 2.24) is 9.80 Å². The molecule has 35 heavy (non-hydrogen) atoms. The monoisotopic (exact) mass is 489 g/mol. The molecule has 0 saturated carbocycles. The number of rotatable bonds is 13. The molecule has 0 bridgehead atoms. The van der Waals surface area contributed by atoms with Crippen molar-refractivity contribution in [3.05, 3.63) is 23.8 Å². The second kappa shape index (κ2) is 12.1. The highest BCUT2D eigenvalue weighted by atomic mass is 16.7. The number of nitrogens with zero attached hydrogens (tertiary/aromatic N) is 2. The van der Waals surface area contributed by atoms with E-state index in [2.05, 4.69) is 32.6 Å². The summed E-state index contributed by atoms with van der Waals surface area (Å²) in [6.07, 6.45) is 4.68. The van der Waals surface area contributed by atoms with E-state index in [4.69, 9.17) is 15.2 Å². The number of unbranched alkanes of at least 4 members (excludes halogenated alkanes) is 1. The molecule has 196 valence electrons. The van der Waals surface area contributed by atoms with Crippen LogP contribution in [-0.4, -0.2) is 72.3 Å². The molecule has 1 saturated heterocycles. The van der Waals surface area contributed by atoms with Gasteiger partial charge in [0.15, 0.2) is 11.5 Å². The fraction of sp³-hybridized carbons (Fsp3) is 0.704. The Balaban J connectivity index is 1.91. The molecule has 8 nitrogen and oxygen atoms in total. The standard InChI is InChI=1S/C27H43N3O5/c1-5-7-12-29(13-11-28)24(31)17-30-16-20(19-8-9-22-23(14-19)35-18-34-22)25(26(32)33)21(30)15-27(3,4)10-6-2/h8-9,14,20-21,25H,5-7,10-13,15-18,28H2,1-4H3,(H,32,33)/t20-,21+,25?/m1/s1. The van der Waals surface area contributed by atoms with Gasteiger partial charge in [0.05, 0.1) is 12.5 Å². The number of carboxylic acid groups (broad SMARTS) is 1. The summed E-state index contributed by atoms with van der Waals surface area (Å²) < 4.78 is 11.0. The highest BCUT2D eigenvalue weighted by Gasteiger charge is 2.48. The quantitative estimate of drug-likeness (QED) is 0.435. The first kappa shape index (κ1) is 27.3. The third kappa shape index (κ3) is 6.67. The summed E-state index contributed by atoms with van der Waals surface area (Å²) in [4.78, 5) is 30.0. The Bertz CT molecular complexity index is 874. The molecule has 2 heterocycles. The molecule has 1 aromatic rings. The van der Waals surface area contributed by atoms with E-state index in [9.17, 15) is 14.7 Å². The van der Waals surface area contributed by atoms with Crippen molar-refractivity contribution in [3.8, 4) is 11.5 Å². The number of hydrogen-bond donors (Lipinski definition) is 2. The number of carbonyl (C=O) groups excluding carboxylic acids is 1. The van der Waals surface area contributed by atoms with Gasteiger partial charge in [-0.3, -0.25) is 14.5 Å². The van der Waals surface area contributed by atoms with Gasteiger partial charge in [-0.05, 0) is 42.4 Å². The van der Waals surface area contributed by atoms with E-state index < -0.39 is 11.9 Å². The summed E-state index contributed by atoms with van der Waals surface area (Å²) >= 11 is 0. The largest absolute Gasteiger partial charge is 0.481 e. The predicted octanol–water partition coefficient (Wildman–Crippen LogP) is 3.69. The lowest BCUT2D eigenvalue weighted by atomic mass is 9.76. The molecule has 0 aliphatic carbocycles. The van der Waals surface area contributed by atoms with Crippen molar-refractivity contribution < 1.29 is 24.2 Å². The molecule has 0 aromatic heterocycles. The van der Waals surface area contributed by atoms with Gasteiger partial charge in [-0.15, -0.1) is 0 Å². The first-order valence-corrected chi connectivity index (χ1v) is 13.0. The van der Waals surface area contributed by atoms with Crippen molar-refractivity contribution in [1.29, 1.82) is 0 Å². The van der Waals surface area contributed by atoms with E-state index in [0.717, 1.165) is 37.7 Å². The average molecular weight is 490 g/mol. The minimum atomic E-state index is -0.815. The van der Waals surface area contributed by atoms with E-state index in [0.29, 0.717) is 37.7 Å². The molecule has 8 heteroatoms. The van der Waals surface area contributed by atoms with Gasteiger partial charge in [0.2, 0.25) is 12.7 Å².